The smallest absolute Gasteiger partial charge is 0.265 e. The Labute approximate surface area is 152 Å². The van der Waals surface area contributed by atoms with Crippen molar-refractivity contribution in [1.82, 2.24) is 0 Å². The monoisotopic (exact) mass is 360 g/mol. The number of benzene rings is 2. The molecule has 1 saturated heterocycles. The number of carbonyl (C=O) groups is 1. The Kier molecular flexibility index (Phi) is 5.79. The third kappa shape index (κ3) is 4.87. The molecular formula is C19H21ClN2O3. The Morgan fingerprint density at radius 1 is 1.20 bits per heavy atom. The number of nitrogens with zero attached hydrogens (tertiary/aromatic N) is 1. The second-order valence-electron chi connectivity index (χ2n) is 5.85. The molecule has 0 aliphatic carbocycles. The van der Waals surface area contributed by atoms with Gasteiger partial charge in [0.1, 0.15) is 5.75 Å². The molecule has 1 aliphatic heterocycles. The molecule has 1 amide bonds. The molecule has 1 heterocycles. The molecule has 0 aromatic heterocycles. The molecule has 2 aromatic rings. The minimum atomic E-state index is -0.627. The van der Waals surface area contributed by atoms with Crippen LogP contribution >= 0.6 is 11.6 Å². The summed E-state index contributed by atoms with van der Waals surface area (Å²) in [7, 11) is 0. The van der Waals surface area contributed by atoms with Crippen LogP contribution in [0.15, 0.2) is 48.5 Å². The average Bonchev–Trinajstić information content (AvgIpc) is 2.63. The summed E-state index contributed by atoms with van der Waals surface area (Å²) in [5.74, 6) is 0.358. The fourth-order valence-electron chi connectivity index (χ4n) is 2.62. The summed E-state index contributed by atoms with van der Waals surface area (Å²) in [5.41, 5.74) is 1.87. The first-order chi connectivity index (χ1) is 12.1. The van der Waals surface area contributed by atoms with E-state index in [0.717, 1.165) is 37.7 Å². The van der Waals surface area contributed by atoms with Crippen LogP contribution in [0.2, 0.25) is 5.02 Å². The van der Waals surface area contributed by atoms with Gasteiger partial charge in [0.2, 0.25) is 0 Å². The van der Waals surface area contributed by atoms with Crippen LogP contribution in [0.3, 0.4) is 0 Å². The number of morpholine rings is 1. The highest BCUT2D eigenvalue weighted by Crippen LogP contribution is 2.21. The van der Waals surface area contributed by atoms with E-state index in [9.17, 15) is 4.79 Å². The van der Waals surface area contributed by atoms with E-state index in [1.807, 2.05) is 24.3 Å². The van der Waals surface area contributed by atoms with Gasteiger partial charge in [-0.3, -0.25) is 4.79 Å². The minimum absolute atomic E-state index is 0.209. The van der Waals surface area contributed by atoms with Gasteiger partial charge >= 0.3 is 0 Å². The Hall–Kier alpha value is -2.24. The maximum atomic E-state index is 12.3. The first-order valence-corrected chi connectivity index (χ1v) is 8.65. The average molecular weight is 361 g/mol. The van der Waals surface area contributed by atoms with E-state index in [0.29, 0.717) is 10.8 Å². The van der Waals surface area contributed by atoms with Gasteiger partial charge in [-0.2, -0.15) is 0 Å². The third-order valence-corrected chi connectivity index (χ3v) is 4.22. The molecule has 6 heteroatoms. The number of halogens is 1. The maximum absolute atomic E-state index is 12.3. The topological polar surface area (TPSA) is 50.8 Å². The summed E-state index contributed by atoms with van der Waals surface area (Å²) in [4.78, 5) is 14.6. The van der Waals surface area contributed by atoms with Gasteiger partial charge in [-0.05, 0) is 49.4 Å². The van der Waals surface area contributed by atoms with Crippen molar-refractivity contribution in [2.45, 2.75) is 13.0 Å². The standard InChI is InChI=1S/C19H21ClN2O3/c1-14(25-18-4-2-3-15(20)13-18)19(23)21-16-5-7-17(8-6-16)22-9-11-24-12-10-22/h2-8,13-14H,9-12H2,1H3,(H,21,23)/t14-/m1/s1. The van der Waals surface area contributed by atoms with Crippen LogP contribution in [0.25, 0.3) is 0 Å². The van der Waals surface area contributed by atoms with Gasteiger partial charge in [-0.25, -0.2) is 0 Å². The van der Waals surface area contributed by atoms with Crippen molar-refractivity contribution in [2.24, 2.45) is 0 Å². The Balaban J connectivity index is 1.56. The number of carbonyl (C=O) groups excluding carboxylic acids is 1. The number of amides is 1. The maximum Gasteiger partial charge on any atom is 0.265 e. The fraction of sp³-hybridized carbons (Fsp3) is 0.316. The summed E-state index contributed by atoms with van der Waals surface area (Å²) in [6, 6.07) is 14.8. The van der Waals surface area contributed by atoms with Crippen LogP contribution in [-0.4, -0.2) is 38.3 Å². The van der Waals surface area contributed by atoms with Gasteiger partial charge in [-0.1, -0.05) is 17.7 Å². The molecule has 0 unspecified atom stereocenters. The molecule has 0 bridgehead atoms. The zero-order chi connectivity index (χ0) is 17.6. The lowest BCUT2D eigenvalue weighted by Crippen LogP contribution is -2.36. The number of nitrogens with one attached hydrogen (secondary N) is 1. The van der Waals surface area contributed by atoms with Crippen LogP contribution in [0, 0.1) is 0 Å². The van der Waals surface area contributed by atoms with Crippen LogP contribution in [0.5, 0.6) is 5.75 Å². The molecule has 5 nitrogen and oxygen atoms in total. The number of anilines is 2. The lowest BCUT2D eigenvalue weighted by Gasteiger charge is -2.29. The lowest BCUT2D eigenvalue weighted by molar-refractivity contribution is -0.122. The predicted molar refractivity (Wildman–Crippen MR) is 99.6 cm³/mol. The van der Waals surface area contributed by atoms with Gasteiger partial charge in [0.15, 0.2) is 6.10 Å². The van der Waals surface area contributed by atoms with Crippen molar-refractivity contribution < 1.29 is 14.3 Å². The summed E-state index contributed by atoms with van der Waals surface area (Å²) in [6.07, 6.45) is -0.627. The molecule has 0 saturated carbocycles. The zero-order valence-corrected chi connectivity index (χ0v) is 14.8. The number of hydrogen-bond donors (Lipinski definition) is 1. The lowest BCUT2D eigenvalue weighted by atomic mass is 10.2. The van der Waals surface area contributed by atoms with Gasteiger partial charge in [0, 0.05) is 29.5 Å². The second-order valence-corrected chi connectivity index (χ2v) is 6.29. The number of rotatable bonds is 5. The molecule has 0 radical (unpaired) electrons. The summed E-state index contributed by atoms with van der Waals surface area (Å²) in [5, 5.41) is 3.44. The quantitative estimate of drug-likeness (QED) is 0.885. The van der Waals surface area contributed by atoms with Gasteiger partial charge in [0.25, 0.3) is 5.91 Å². The van der Waals surface area contributed by atoms with Crippen LogP contribution in [0.1, 0.15) is 6.92 Å². The summed E-state index contributed by atoms with van der Waals surface area (Å²) in [6.45, 7) is 4.97. The van der Waals surface area contributed by atoms with E-state index in [1.54, 1.807) is 31.2 Å². The van der Waals surface area contributed by atoms with E-state index in [1.165, 1.54) is 0 Å². The molecule has 1 aliphatic rings. The Morgan fingerprint density at radius 3 is 2.60 bits per heavy atom. The van der Waals surface area contributed by atoms with E-state index in [-0.39, 0.29) is 5.91 Å². The second kappa shape index (κ2) is 8.23. The van der Waals surface area contributed by atoms with E-state index in [2.05, 4.69) is 10.2 Å². The van der Waals surface area contributed by atoms with Crippen molar-refractivity contribution in [2.75, 3.05) is 36.5 Å². The SMILES string of the molecule is C[C@@H](Oc1cccc(Cl)c1)C(=O)Nc1ccc(N2CCOCC2)cc1. The molecule has 1 fully saturated rings. The summed E-state index contributed by atoms with van der Waals surface area (Å²) < 4.78 is 11.0. The third-order valence-electron chi connectivity index (χ3n) is 3.99. The molecular weight excluding hydrogens is 340 g/mol. The van der Waals surface area contributed by atoms with Gasteiger partial charge in [0.05, 0.1) is 13.2 Å². The normalized spacial score (nSPS) is 15.5. The van der Waals surface area contributed by atoms with Crippen molar-refractivity contribution >= 4 is 28.9 Å². The first-order valence-electron chi connectivity index (χ1n) is 8.28. The van der Waals surface area contributed by atoms with E-state index >= 15 is 0 Å². The van der Waals surface area contributed by atoms with Crippen molar-refractivity contribution in [3.63, 3.8) is 0 Å². The number of hydrogen-bond acceptors (Lipinski definition) is 4. The van der Waals surface area contributed by atoms with Crippen molar-refractivity contribution in [1.29, 1.82) is 0 Å². The molecule has 0 spiro atoms. The van der Waals surface area contributed by atoms with Crippen LogP contribution in [0.4, 0.5) is 11.4 Å². The van der Waals surface area contributed by atoms with E-state index in [4.69, 9.17) is 21.1 Å². The fourth-order valence-corrected chi connectivity index (χ4v) is 2.80. The molecule has 2 aromatic carbocycles. The van der Waals surface area contributed by atoms with Crippen molar-refractivity contribution in [3.05, 3.63) is 53.6 Å². The van der Waals surface area contributed by atoms with Crippen LogP contribution < -0.4 is 15.0 Å². The van der Waals surface area contributed by atoms with Gasteiger partial charge < -0.3 is 19.7 Å². The van der Waals surface area contributed by atoms with Gasteiger partial charge in [-0.15, -0.1) is 0 Å². The molecule has 132 valence electrons. The zero-order valence-electron chi connectivity index (χ0n) is 14.1. The molecule has 25 heavy (non-hydrogen) atoms. The predicted octanol–water partition coefficient (Wildman–Crippen LogP) is 3.58. The highest BCUT2D eigenvalue weighted by Gasteiger charge is 2.16. The highest BCUT2D eigenvalue weighted by atomic mass is 35.5. The minimum Gasteiger partial charge on any atom is -0.481 e. The number of ether oxygens (including phenoxy) is 2. The molecule has 1 atom stereocenters. The van der Waals surface area contributed by atoms with Crippen LogP contribution in [-0.2, 0) is 9.53 Å². The van der Waals surface area contributed by atoms with Crippen molar-refractivity contribution in [3.8, 4) is 5.75 Å². The molecule has 1 N–H and O–H groups in total. The first kappa shape index (κ1) is 17.6. The van der Waals surface area contributed by atoms with E-state index < -0.39 is 6.10 Å². The molecule has 3 rings (SSSR count). The largest absolute Gasteiger partial charge is 0.481 e. The highest BCUT2D eigenvalue weighted by molar-refractivity contribution is 6.30. The Bertz CT molecular complexity index is 715. The summed E-state index contributed by atoms with van der Waals surface area (Å²) >= 11 is 5.92. The Morgan fingerprint density at radius 2 is 1.92 bits per heavy atom.